The Bertz CT molecular complexity index is 193. The zero-order chi connectivity index (χ0) is 11.0. The molecule has 82 valence electrons. The molecule has 0 aromatic rings. The minimum Gasteiger partial charge on any atom is -0.466 e. The van der Waals surface area contributed by atoms with Crippen LogP contribution in [0.3, 0.4) is 0 Å². The minimum absolute atomic E-state index is 0.0812. The average Bonchev–Trinajstić information content (AvgIpc) is 2.15. The lowest BCUT2D eigenvalue weighted by Crippen LogP contribution is -2.35. The average molecular weight is 203 g/mol. The predicted octanol–water partition coefficient (Wildman–Crippen LogP) is -0.173. The Morgan fingerprint density at radius 3 is 2.57 bits per heavy atom. The maximum absolute atomic E-state index is 11.1. The smallest absolute Gasteiger partial charge is 0.306 e. The molecule has 1 atom stereocenters. The van der Waals surface area contributed by atoms with Crippen molar-refractivity contribution in [2.24, 2.45) is 0 Å². The van der Waals surface area contributed by atoms with Gasteiger partial charge in [-0.1, -0.05) is 0 Å². The van der Waals surface area contributed by atoms with Crippen LogP contribution in [0.5, 0.6) is 0 Å². The third kappa shape index (κ3) is 6.42. The molecule has 0 bridgehead atoms. The van der Waals surface area contributed by atoms with Gasteiger partial charge in [0.2, 0.25) is 5.91 Å². The van der Waals surface area contributed by atoms with Gasteiger partial charge in [-0.15, -0.1) is 0 Å². The third-order valence-corrected chi connectivity index (χ3v) is 1.54. The van der Waals surface area contributed by atoms with Gasteiger partial charge < -0.3 is 15.2 Å². The zero-order valence-corrected chi connectivity index (χ0v) is 8.58. The van der Waals surface area contributed by atoms with E-state index in [1.807, 2.05) is 0 Å². The summed E-state index contributed by atoms with van der Waals surface area (Å²) in [4.78, 5) is 21.9. The lowest BCUT2D eigenvalue weighted by Gasteiger charge is -2.09. The molecule has 0 saturated heterocycles. The van der Waals surface area contributed by atoms with Crippen LogP contribution in [0.4, 0.5) is 0 Å². The number of esters is 1. The number of carbonyl (C=O) groups is 2. The predicted molar refractivity (Wildman–Crippen MR) is 50.6 cm³/mol. The van der Waals surface area contributed by atoms with Crippen LogP contribution in [-0.4, -0.2) is 36.2 Å². The highest BCUT2D eigenvalue weighted by atomic mass is 16.5. The van der Waals surface area contributed by atoms with Crippen LogP contribution >= 0.6 is 0 Å². The van der Waals surface area contributed by atoms with Gasteiger partial charge in [-0.25, -0.2) is 0 Å². The molecule has 0 heterocycles. The van der Waals surface area contributed by atoms with Gasteiger partial charge in [0.05, 0.1) is 19.6 Å². The number of hydrogen-bond donors (Lipinski definition) is 2. The fraction of sp³-hybridized carbons (Fsp3) is 0.778. The highest BCUT2D eigenvalue weighted by Gasteiger charge is 2.09. The maximum Gasteiger partial charge on any atom is 0.306 e. The van der Waals surface area contributed by atoms with Gasteiger partial charge in [0, 0.05) is 12.5 Å². The fourth-order valence-electron chi connectivity index (χ4n) is 0.841. The highest BCUT2D eigenvalue weighted by Crippen LogP contribution is 1.93. The lowest BCUT2D eigenvalue weighted by atomic mass is 10.2. The van der Waals surface area contributed by atoms with Crippen LogP contribution in [0, 0.1) is 0 Å². The fourth-order valence-corrected chi connectivity index (χ4v) is 0.841. The Labute approximate surface area is 83.4 Å². The number of amides is 1. The van der Waals surface area contributed by atoms with Crippen molar-refractivity contribution in [1.29, 1.82) is 0 Å². The standard InChI is InChI=1S/C9H17NO4/c1-3-14-9(13)5-4-8(12)10-7(2)6-11/h7,11H,3-6H2,1-2H3,(H,10,12). The molecule has 0 radical (unpaired) electrons. The molecule has 5 heteroatoms. The summed E-state index contributed by atoms with van der Waals surface area (Å²) in [5.41, 5.74) is 0. The molecule has 0 aliphatic rings. The number of carbonyl (C=O) groups excluding carboxylic acids is 2. The van der Waals surface area contributed by atoms with Gasteiger partial charge in [0.25, 0.3) is 0 Å². The molecule has 0 spiro atoms. The maximum atomic E-state index is 11.1. The molecule has 0 aromatic heterocycles. The monoisotopic (exact) mass is 203 g/mol. The second-order valence-electron chi connectivity index (χ2n) is 2.96. The van der Waals surface area contributed by atoms with Crippen molar-refractivity contribution in [2.45, 2.75) is 32.7 Å². The van der Waals surface area contributed by atoms with Gasteiger partial charge in [-0.3, -0.25) is 9.59 Å². The normalized spacial score (nSPS) is 11.9. The van der Waals surface area contributed by atoms with E-state index in [1.165, 1.54) is 0 Å². The first-order valence-electron chi connectivity index (χ1n) is 4.66. The van der Waals surface area contributed by atoms with Crippen molar-refractivity contribution < 1.29 is 19.4 Å². The number of nitrogens with one attached hydrogen (secondary N) is 1. The van der Waals surface area contributed by atoms with E-state index >= 15 is 0 Å². The summed E-state index contributed by atoms with van der Waals surface area (Å²) in [6.45, 7) is 3.62. The molecule has 1 amide bonds. The van der Waals surface area contributed by atoms with E-state index in [2.05, 4.69) is 10.1 Å². The van der Waals surface area contributed by atoms with Crippen LogP contribution in [0.25, 0.3) is 0 Å². The quantitative estimate of drug-likeness (QED) is 0.587. The summed E-state index contributed by atoms with van der Waals surface area (Å²) < 4.78 is 4.66. The number of rotatable bonds is 6. The minimum atomic E-state index is -0.376. The molecule has 5 nitrogen and oxygen atoms in total. The van der Waals surface area contributed by atoms with Gasteiger partial charge in [0.15, 0.2) is 0 Å². The molecule has 0 fully saturated rings. The van der Waals surface area contributed by atoms with E-state index in [-0.39, 0.29) is 37.4 Å². The highest BCUT2D eigenvalue weighted by molar-refractivity contribution is 5.81. The lowest BCUT2D eigenvalue weighted by molar-refractivity contribution is -0.144. The molecule has 0 rings (SSSR count). The van der Waals surface area contributed by atoms with Gasteiger partial charge in [-0.2, -0.15) is 0 Å². The summed E-state index contributed by atoms with van der Waals surface area (Å²) in [7, 11) is 0. The summed E-state index contributed by atoms with van der Waals surface area (Å²) in [6, 6.07) is -0.273. The van der Waals surface area contributed by atoms with E-state index in [1.54, 1.807) is 13.8 Å². The largest absolute Gasteiger partial charge is 0.466 e. The molecule has 14 heavy (non-hydrogen) atoms. The molecule has 1 unspecified atom stereocenters. The first kappa shape index (κ1) is 12.9. The van der Waals surface area contributed by atoms with Crippen LogP contribution in [0.2, 0.25) is 0 Å². The van der Waals surface area contributed by atoms with Crippen LogP contribution in [-0.2, 0) is 14.3 Å². The number of aliphatic hydroxyl groups excluding tert-OH is 1. The van der Waals surface area contributed by atoms with Crippen molar-refractivity contribution in [3.05, 3.63) is 0 Å². The van der Waals surface area contributed by atoms with Crippen molar-refractivity contribution in [2.75, 3.05) is 13.2 Å². The first-order valence-corrected chi connectivity index (χ1v) is 4.66. The topological polar surface area (TPSA) is 75.6 Å². The van der Waals surface area contributed by atoms with Crippen molar-refractivity contribution in [3.63, 3.8) is 0 Å². The van der Waals surface area contributed by atoms with E-state index in [4.69, 9.17) is 5.11 Å². The second kappa shape index (κ2) is 7.32. The third-order valence-electron chi connectivity index (χ3n) is 1.54. The summed E-state index contributed by atoms with van der Waals surface area (Å²) in [5.74, 6) is -0.626. The molecule has 0 aliphatic carbocycles. The first-order chi connectivity index (χ1) is 6.60. The second-order valence-corrected chi connectivity index (χ2v) is 2.96. The van der Waals surface area contributed by atoms with Crippen LogP contribution in [0.1, 0.15) is 26.7 Å². The Balaban J connectivity index is 3.58. The Kier molecular flexibility index (Phi) is 6.74. The number of ether oxygens (including phenoxy) is 1. The zero-order valence-electron chi connectivity index (χ0n) is 8.58. The Morgan fingerprint density at radius 2 is 2.07 bits per heavy atom. The van der Waals surface area contributed by atoms with E-state index in [0.29, 0.717) is 6.61 Å². The number of hydrogen-bond acceptors (Lipinski definition) is 4. The van der Waals surface area contributed by atoms with Crippen molar-refractivity contribution >= 4 is 11.9 Å². The van der Waals surface area contributed by atoms with Gasteiger partial charge >= 0.3 is 5.97 Å². The van der Waals surface area contributed by atoms with E-state index < -0.39 is 0 Å². The summed E-state index contributed by atoms with van der Waals surface area (Å²) >= 11 is 0. The number of aliphatic hydroxyl groups is 1. The van der Waals surface area contributed by atoms with E-state index in [9.17, 15) is 9.59 Å². The Morgan fingerprint density at radius 1 is 1.43 bits per heavy atom. The molecular weight excluding hydrogens is 186 g/mol. The SMILES string of the molecule is CCOC(=O)CCC(=O)NC(C)CO. The van der Waals surface area contributed by atoms with Crippen molar-refractivity contribution in [3.8, 4) is 0 Å². The summed E-state index contributed by atoms with van der Waals surface area (Å²) in [6.07, 6.45) is 0.182. The van der Waals surface area contributed by atoms with Crippen LogP contribution in [0.15, 0.2) is 0 Å². The van der Waals surface area contributed by atoms with Crippen LogP contribution < -0.4 is 5.32 Å². The van der Waals surface area contributed by atoms with E-state index in [0.717, 1.165) is 0 Å². The molecule has 2 N–H and O–H groups in total. The van der Waals surface area contributed by atoms with Crippen molar-refractivity contribution in [1.82, 2.24) is 5.32 Å². The van der Waals surface area contributed by atoms with Gasteiger partial charge in [-0.05, 0) is 13.8 Å². The molecule has 0 aromatic carbocycles. The molecule has 0 saturated carbocycles. The molecular formula is C9H17NO4. The van der Waals surface area contributed by atoms with Gasteiger partial charge in [0.1, 0.15) is 0 Å². The molecule has 0 aliphatic heterocycles. The Hall–Kier alpha value is -1.10. The summed E-state index contributed by atoms with van der Waals surface area (Å²) in [5, 5.41) is 11.2.